The van der Waals surface area contributed by atoms with Crippen molar-refractivity contribution in [3.05, 3.63) is 58.6 Å². The Kier molecular flexibility index (Phi) is 5.30. The number of ether oxygens (including phenoxy) is 2. The second-order valence-electron chi connectivity index (χ2n) is 7.89. The van der Waals surface area contributed by atoms with Crippen LogP contribution in [0.15, 0.2) is 41.8 Å². The maximum absolute atomic E-state index is 13.4. The van der Waals surface area contributed by atoms with Gasteiger partial charge in [-0.2, -0.15) is 5.10 Å². The maximum Gasteiger partial charge on any atom is 0.252 e. The summed E-state index contributed by atoms with van der Waals surface area (Å²) in [5.41, 5.74) is 3.77. The summed E-state index contributed by atoms with van der Waals surface area (Å²) in [6.07, 6.45) is 0.853. The fraction of sp³-hybridized carbons (Fsp3) is 0.292. The zero-order chi connectivity index (χ0) is 22.2. The smallest absolute Gasteiger partial charge is 0.252 e. The molecule has 5 rings (SSSR count). The predicted octanol–water partition coefficient (Wildman–Crippen LogP) is 4.66. The van der Waals surface area contributed by atoms with Crippen molar-refractivity contribution in [1.29, 1.82) is 0 Å². The highest BCUT2D eigenvalue weighted by Gasteiger charge is 2.22. The molecule has 1 aliphatic heterocycles. The van der Waals surface area contributed by atoms with Crippen molar-refractivity contribution in [2.45, 2.75) is 26.3 Å². The third-order valence-electron chi connectivity index (χ3n) is 5.61. The lowest BCUT2D eigenvalue weighted by atomic mass is 10.0. The van der Waals surface area contributed by atoms with Crippen LogP contribution in [0.1, 0.15) is 41.0 Å². The van der Waals surface area contributed by atoms with E-state index >= 15 is 0 Å². The van der Waals surface area contributed by atoms with E-state index in [1.54, 1.807) is 16.0 Å². The number of carbonyl (C=O) groups is 1. The molecule has 1 aromatic carbocycles. The Morgan fingerprint density at radius 2 is 2.00 bits per heavy atom. The number of hydrogen-bond donors (Lipinski definition) is 1. The van der Waals surface area contributed by atoms with Crippen molar-refractivity contribution in [2.24, 2.45) is 7.05 Å². The topological polar surface area (TPSA) is 78.3 Å². The van der Waals surface area contributed by atoms with Crippen LogP contribution in [0, 0.1) is 6.92 Å². The Bertz CT molecular complexity index is 1300. The number of benzene rings is 1. The van der Waals surface area contributed by atoms with E-state index in [1.165, 1.54) is 0 Å². The van der Waals surface area contributed by atoms with Crippen molar-refractivity contribution < 1.29 is 14.3 Å². The van der Waals surface area contributed by atoms with Gasteiger partial charge in [0.2, 0.25) is 0 Å². The van der Waals surface area contributed by atoms with E-state index in [9.17, 15) is 4.79 Å². The third kappa shape index (κ3) is 3.71. The average Bonchev–Trinajstić information content (AvgIpc) is 3.34. The zero-order valence-corrected chi connectivity index (χ0v) is 19.0. The monoisotopic (exact) mass is 448 g/mol. The van der Waals surface area contributed by atoms with E-state index in [4.69, 9.17) is 14.5 Å². The second-order valence-corrected chi connectivity index (χ2v) is 8.84. The average molecular weight is 449 g/mol. The van der Waals surface area contributed by atoms with Gasteiger partial charge >= 0.3 is 0 Å². The van der Waals surface area contributed by atoms with E-state index in [1.807, 2.05) is 62.7 Å². The first-order valence-corrected chi connectivity index (χ1v) is 11.5. The number of amides is 1. The standard InChI is InChI=1S/C24H24N4O3S/c1-14(16-7-8-19-20(12-16)31-10-5-9-30-19)25-24(29)17-13-18(21-6-4-11-32-21)26-23-22(17)15(2)27-28(23)3/h4,6-8,11-14H,5,9-10H2,1-3H3,(H,25,29). The highest BCUT2D eigenvalue weighted by Crippen LogP contribution is 2.33. The van der Waals surface area contributed by atoms with Crippen molar-refractivity contribution in [1.82, 2.24) is 20.1 Å². The first kappa shape index (κ1) is 20.5. The van der Waals surface area contributed by atoms with Gasteiger partial charge < -0.3 is 14.8 Å². The molecule has 1 atom stereocenters. The molecule has 7 nitrogen and oxygen atoms in total. The highest BCUT2D eigenvalue weighted by molar-refractivity contribution is 7.13. The molecule has 4 aromatic rings. The number of carbonyl (C=O) groups excluding carboxylic acids is 1. The Labute approximate surface area is 190 Å². The Morgan fingerprint density at radius 3 is 2.78 bits per heavy atom. The summed E-state index contributed by atoms with van der Waals surface area (Å²) < 4.78 is 13.3. The number of nitrogens with zero attached hydrogens (tertiary/aromatic N) is 3. The van der Waals surface area contributed by atoms with E-state index in [2.05, 4.69) is 10.4 Å². The summed E-state index contributed by atoms with van der Waals surface area (Å²) >= 11 is 1.59. The van der Waals surface area contributed by atoms with Crippen LogP contribution in [-0.4, -0.2) is 33.9 Å². The summed E-state index contributed by atoms with van der Waals surface area (Å²) in [5, 5.41) is 10.4. The van der Waals surface area contributed by atoms with Gasteiger partial charge in [-0.05, 0) is 49.1 Å². The Balaban J connectivity index is 1.49. The van der Waals surface area contributed by atoms with E-state index < -0.39 is 0 Å². The molecule has 0 bridgehead atoms. The summed E-state index contributed by atoms with van der Waals surface area (Å²) in [7, 11) is 1.85. The predicted molar refractivity (Wildman–Crippen MR) is 124 cm³/mol. The normalized spacial score (nSPS) is 14.2. The van der Waals surface area contributed by atoms with Gasteiger partial charge in [0.1, 0.15) is 0 Å². The lowest BCUT2D eigenvalue weighted by Gasteiger charge is -2.17. The quantitative estimate of drug-likeness (QED) is 0.491. The van der Waals surface area contributed by atoms with Crippen LogP contribution in [0.5, 0.6) is 11.5 Å². The number of thiophene rings is 1. The Morgan fingerprint density at radius 1 is 1.19 bits per heavy atom. The van der Waals surface area contributed by atoms with Crippen LogP contribution in [-0.2, 0) is 7.05 Å². The molecule has 164 valence electrons. The van der Waals surface area contributed by atoms with Gasteiger partial charge in [-0.3, -0.25) is 9.48 Å². The van der Waals surface area contributed by atoms with Gasteiger partial charge in [0.05, 0.1) is 46.5 Å². The fourth-order valence-corrected chi connectivity index (χ4v) is 4.67. The van der Waals surface area contributed by atoms with Crippen molar-refractivity contribution in [3.63, 3.8) is 0 Å². The van der Waals surface area contributed by atoms with Crippen molar-refractivity contribution >= 4 is 28.3 Å². The van der Waals surface area contributed by atoms with Crippen molar-refractivity contribution in [2.75, 3.05) is 13.2 Å². The number of hydrogen-bond acceptors (Lipinski definition) is 6. The van der Waals surface area contributed by atoms with E-state index in [-0.39, 0.29) is 11.9 Å². The molecule has 1 unspecified atom stereocenters. The molecule has 0 aliphatic carbocycles. The lowest BCUT2D eigenvalue weighted by molar-refractivity contribution is 0.0941. The molecular formula is C24H24N4O3S. The largest absolute Gasteiger partial charge is 0.490 e. The summed E-state index contributed by atoms with van der Waals surface area (Å²) in [6.45, 7) is 5.14. The van der Waals surface area contributed by atoms with Crippen LogP contribution in [0.4, 0.5) is 0 Å². The van der Waals surface area contributed by atoms with Crippen LogP contribution in [0.2, 0.25) is 0 Å². The highest BCUT2D eigenvalue weighted by atomic mass is 32.1. The minimum atomic E-state index is -0.218. The lowest BCUT2D eigenvalue weighted by Crippen LogP contribution is -2.27. The molecule has 3 aromatic heterocycles. The maximum atomic E-state index is 13.4. The van der Waals surface area contributed by atoms with Gasteiger partial charge in [0.25, 0.3) is 5.91 Å². The Hall–Kier alpha value is -3.39. The van der Waals surface area contributed by atoms with E-state index in [0.29, 0.717) is 24.4 Å². The first-order chi connectivity index (χ1) is 15.5. The molecule has 0 saturated heterocycles. The molecular weight excluding hydrogens is 424 g/mol. The second kappa shape index (κ2) is 8.27. The number of aryl methyl sites for hydroxylation is 2. The molecule has 1 aliphatic rings. The van der Waals surface area contributed by atoms with Crippen LogP contribution >= 0.6 is 11.3 Å². The summed E-state index contributed by atoms with van der Waals surface area (Å²) in [6, 6.07) is 11.4. The van der Waals surface area contributed by atoms with Gasteiger partial charge in [-0.25, -0.2) is 4.98 Å². The van der Waals surface area contributed by atoms with Crippen LogP contribution < -0.4 is 14.8 Å². The third-order valence-corrected chi connectivity index (χ3v) is 6.50. The van der Waals surface area contributed by atoms with Crippen LogP contribution in [0.25, 0.3) is 21.6 Å². The molecule has 1 amide bonds. The van der Waals surface area contributed by atoms with Gasteiger partial charge in [-0.15, -0.1) is 11.3 Å². The zero-order valence-electron chi connectivity index (χ0n) is 18.2. The van der Waals surface area contributed by atoms with Gasteiger partial charge in [0, 0.05) is 13.5 Å². The SMILES string of the molecule is Cc1nn(C)c2nc(-c3cccs3)cc(C(=O)NC(C)c3ccc4c(c3)OCCCO4)c12. The fourth-order valence-electron chi connectivity index (χ4n) is 3.98. The minimum absolute atomic E-state index is 0.161. The number of fused-ring (bicyclic) bond motifs is 2. The molecule has 32 heavy (non-hydrogen) atoms. The number of rotatable bonds is 4. The molecule has 4 heterocycles. The molecule has 0 fully saturated rings. The molecule has 8 heteroatoms. The molecule has 1 N–H and O–H groups in total. The molecule has 0 saturated carbocycles. The molecule has 0 radical (unpaired) electrons. The first-order valence-electron chi connectivity index (χ1n) is 10.6. The molecule has 0 spiro atoms. The van der Waals surface area contributed by atoms with Gasteiger partial charge in [0.15, 0.2) is 17.1 Å². The summed E-state index contributed by atoms with van der Waals surface area (Å²) in [4.78, 5) is 19.2. The number of nitrogens with one attached hydrogen (secondary N) is 1. The number of pyridine rings is 1. The van der Waals surface area contributed by atoms with Crippen LogP contribution in [0.3, 0.4) is 0 Å². The van der Waals surface area contributed by atoms with Gasteiger partial charge in [-0.1, -0.05) is 12.1 Å². The summed E-state index contributed by atoms with van der Waals surface area (Å²) in [5.74, 6) is 1.30. The number of aromatic nitrogens is 3. The minimum Gasteiger partial charge on any atom is -0.490 e. The van der Waals surface area contributed by atoms with E-state index in [0.717, 1.165) is 45.1 Å². The van der Waals surface area contributed by atoms with Crippen molar-refractivity contribution in [3.8, 4) is 22.1 Å².